The van der Waals surface area contributed by atoms with Gasteiger partial charge in [0.1, 0.15) is 11.6 Å². The average Bonchev–Trinajstić information content (AvgIpc) is 2.39. The highest BCUT2D eigenvalue weighted by Gasteiger charge is 2.47. The van der Waals surface area contributed by atoms with Gasteiger partial charge in [0.25, 0.3) is 0 Å². The van der Waals surface area contributed by atoms with Crippen LogP contribution in [0.5, 0.6) is 5.75 Å². The van der Waals surface area contributed by atoms with Crippen LogP contribution >= 0.6 is 11.6 Å². The summed E-state index contributed by atoms with van der Waals surface area (Å²) in [6, 6.07) is 7.59. The lowest BCUT2D eigenvalue weighted by atomic mass is 9.67. The van der Waals surface area contributed by atoms with E-state index in [2.05, 4.69) is 24.1 Å². The van der Waals surface area contributed by atoms with Crippen LogP contribution in [0.1, 0.15) is 20.3 Å². The zero-order chi connectivity index (χ0) is 13.6. The number of fused-ring (bicyclic) bond motifs is 1. The number of hydrogen-bond donors (Lipinski definition) is 2. The summed E-state index contributed by atoms with van der Waals surface area (Å²) in [6.07, 6.45) is 2.72. The van der Waals surface area contributed by atoms with Gasteiger partial charge in [-0.15, -0.1) is 11.6 Å². The minimum atomic E-state index is 0.0578. The molecular formula is C15H17ClN2O. The maximum absolute atomic E-state index is 9.63. The van der Waals surface area contributed by atoms with Gasteiger partial charge in [0, 0.05) is 28.4 Å². The van der Waals surface area contributed by atoms with E-state index >= 15 is 0 Å². The van der Waals surface area contributed by atoms with Crippen molar-refractivity contribution in [2.75, 3.05) is 5.32 Å². The maximum Gasteiger partial charge on any atom is 0.134 e. The molecule has 3 rings (SSSR count). The Morgan fingerprint density at radius 1 is 1.37 bits per heavy atom. The van der Waals surface area contributed by atoms with Crippen molar-refractivity contribution in [3.63, 3.8) is 0 Å². The molecule has 2 aromatic rings. The molecule has 1 aliphatic carbocycles. The number of phenols is 1. The molecule has 3 nitrogen and oxygen atoms in total. The number of nitrogens with zero attached hydrogens (tertiary/aromatic N) is 1. The first-order chi connectivity index (χ1) is 8.98. The van der Waals surface area contributed by atoms with Crippen LogP contribution in [0.2, 0.25) is 0 Å². The standard InChI is InChI=1S/C15H17ClN2O/c1-15(2)12(16)8-13(15)18-14-11-7-10(19)4-3-9(11)5-6-17-14/h3-7,12-13,19H,8H2,1-2H3,(H,17,18). The van der Waals surface area contributed by atoms with E-state index in [4.69, 9.17) is 11.6 Å². The summed E-state index contributed by atoms with van der Waals surface area (Å²) in [7, 11) is 0. The van der Waals surface area contributed by atoms with Gasteiger partial charge in [0.15, 0.2) is 0 Å². The van der Waals surface area contributed by atoms with Crippen LogP contribution in [-0.4, -0.2) is 21.5 Å². The van der Waals surface area contributed by atoms with Gasteiger partial charge < -0.3 is 10.4 Å². The highest BCUT2D eigenvalue weighted by atomic mass is 35.5. The number of rotatable bonds is 2. The zero-order valence-corrected chi connectivity index (χ0v) is 11.8. The molecule has 0 spiro atoms. The van der Waals surface area contributed by atoms with Gasteiger partial charge in [-0.3, -0.25) is 0 Å². The van der Waals surface area contributed by atoms with Crippen molar-refractivity contribution >= 4 is 28.2 Å². The first-order valence-corrected chi connectivity index (χ1v) is 6.90. The molecule has 2 unspecified atom stereocenters. The number of anilines is 1. The van der Waals surface area contributed by atoms with E-state index in [1.807, 2.05) is 12.1 Å². The monoisotopic (exact) mass is 276 g/mol. The Balaban J connectivity index is 1.95. The Bertz CT molecular complexity index is 627. The van der Waals surface area contributed by atoms with Crippen LogP contribution in [0.15, 0.2) is 30.5 Å². The summed E-state index contributed by atoms with van der Waals surface area (Å²) in [4.78, 5) is 4.40. The highest BCUT2D eigenvalue weighted by molar-refractivity contribution is 6.22. The van der Waals surface area contributed by atoms with Crippen LogP contribution in [0.3, 0.4) is 0 Å². The molecule has 1 aromatic carbocycles. The second-order valence-corrected chi connectivity index (χ2v) is 6.31. The number of aromatic hydroxyl groups is 1. The van der Waals surface area contributed by atoms with Gasteiger partial charge in [-0.25, -0.2) is 4.98 Å². The number of pyridine rings is 1. The van der Waals surface area contributed by atoms with E-state index in [0.717, 1.165) is 23.0 Å². The second-order valence-electron chi connectivity index (χ2n) is 5.79. The normalized spacial score (nSPS) is 25.0. The lowest BCUT2D eigenvalue weighted by molar-refractivity contribution is 0.168. The minimum Gasteiger partial charge on any atom is -0.508 e. The fraction of sp³-hybridized carbons (Fsp3) is 0.400. The number of phenolic OH excluding ortho intramolecular Hbond substituents is 1. The van der Waals surface area contributed by atoms with Gasteiger partial charge in [-0.1, -0.05) is 19.9 Å². The molecule has 0 amide bonds. The largest absolute Gasteiger partial charge is 0.508 e. The molecule has 1 aliphatic rings. The molecule has 2 N–H and O–H groups in total. The Labute approximate surface area is 117 Å². The van der Waals surface area contributed by atoms with E-state index in [1.54, 1.807) is 18.3 Å². The summed E-state index contributed by atoms with van der Waals surface area (Å²) in [5, 5.41) is 15.3. The van der Waals surface area contributed by atoms with Crippen molar-refractivity contribution in [3.8, 4) is 5.75 Å². The molecule has 0 radical (unpaired) electrons. The first kappa shape index (κ1) is 12.5. The van der Waals surface area contributed by atoms with E-state index < -0.39 is 0 Å². The Morgan fingerprint density at radius 3 is 2.84 bits per heavy atom. The number of nitrogens with one attached hydrogen (secondary N) is 1. The van der Waals surface area contributed by atoms with Crippen LogP contribution in [0.4, 0.5) is 5.82 Å². The minimum absolute atomic E-state index is 0.0578. The molecule has 1 saturated carbocycles. The molecule has 1 fully saturated rings. The third-order valence-electron chi connectivity index (χ3n) is 4.21. The predicted molar refractivity (Wildman–Crippen MR) is 78.9 cm³/mol. The van der Waals surface area contributed by atoms with E-state index in [9.17, 15) is 5.11 Å². The Kier molecular flexibility index (Phi) is 2.82. The quantitative estimate of drug-likeness (QED) is 0.821. The highest BCUT2D eigenvalue weighted by Crippen LogP contribution is 2.46. The van der Waals surface area contributed by atoms with Gasteiger partial charge in [0.2, 0.25) is 0 Å². The van der Waals surface area contributed by atoms with Crippen molar-refractivity contribution in [3.05, 3.63) is 30.5 Å². The summed E-state index contributed by atoms with van der Waals surface area (Å²) in [5.74, 6) is 1.07. The van der Waals surface area contributed by atoms with Gasteiger partial charge in [-0.2, -0.15) is 0 Å². The SMILES string of the molecule is CC1(C)C(Cl)CC1Nc1nccc2ccc(O)cc12. The lowest BCUT2D eigenvalue weighted by Crippen LogP contribution is -2.54. The van der Waals surface area contributed by atoms with E-state index in [-0.39, 0.29) is 16.5 Å². The molecule has 100 valence electrons. The molecule has 0 bridgehead atoms. The maximum atomic E-state index is 9.63. The number of benzene rings is 1. The lowest BCUT2D eigenvalue weighted by Gasteiger charge is -2.49. The van der Waals surface area contributed by atoms with Crippen molar-refractivity contribution in [1.82, 2.24) is 4.98 Å². The van der Waals surface area contributed by atoms with Gasteiger partial charge in [0.05, 0.1) is 0 Å². The zero-order valence-electron chi connectivity index (χ0n) is 11.0. The summed E-state index contributed by atoms with van der Waals surface area (Å²) < 4.78 is 0. The molecule has 1 aromatic heterocycles. The van der Waals surface area contributed by atoms with Crippen molar-refractivity contribution in [2.45, 2.75) is 31.7 Å². The fourth-order valence-electron chi connectivity index (χ4n) is 2.55. The molecular weight excluding hydrogens is 260 g/mol. The summed E-state index contributed by atoms with van der Waals surface area (Å²) in [5.41, 5.74) is 0.0578. The summed E-state index contributed by atoms with van der Waals surface area (Å²) >= 11 is 6.24. The van der Waals surface area contributed by atoms with E-state index in [1.165, 1.54) is 0 Å². The third-order valence-corrected chi connectivity index (χ3v) is 4.95. The Morgan fingerprint density at radius 2 is 2.16 bits per heavy atom. The molecule has 0 saturated heterocycles. The van der Waals surface area contributed by atoms with Gasteiger partial charge in [-0.05, 0) is 30.0 Å². The number of alkyl halides is 1. The third kappa shape index (κ3) is 2.02. The number of aromatic nitrogens is 1. The average molecular weight is 277 g/mol. The van der Waals surface area contributed by atoms with E-state index in [0.29, 0.717) is 6.04 Å². The van der Waals surface area contributed by atoms with Crippen LogP contribution in [0, 0.1) is 5.41 Å². The second kappa shape index (κ2) is 4.27. The van der Waals surface area contributed by atoms with Crippen LogP contribution in [0.25, 0.3) is 10.8 Å². The molecule has 4 heteroatoms. The smallest absolute Gasteiger partial charge is 0.134 e. The van der Waals surface area contributed by atoms with Crippen molar-refractivity contribution in [1.29, 1.82) is 0 Å². The Hall–Kier alpha value is -1.48. The molecule has 0 aliphatic heterocycles. The molecule has 1 heterocycles. The fourth-order valence-corrected chi connectivity index (χ4v) is 2.88. The van der Waals surface area contributed by atoms with Crippen molar-refractivity contribution in [2.24, 2.45) is 5.41 Å². The van der Waals surface area contributed by atoms with Crippen LogP contribution in [-0.2, 0) is 0 Å². The topological polar surface area (TPSA) is 45.2 Å². The molecule has 19 heavy (non-hydrogen) atoms. The van der Waals surface area contributed by atoms with Crippen LogP contribution < -0.4 is 5.32 Å². The number of hydrogen-bond acceptors (Lipinski definition) is 3. The first-order valence-electron chi connectivity index (χ1n) is 6.47. The van der Waals surface area contributed by atoms with Crippen molar-refractivity contribution < 1.29 is 5.11 Å². The molecule has 2 atom stereocenters. The number of halogens is 1. The van der Waals surface area contributed by atoms with Gasteiger partial charge >= 0.3 is 0 Å². The summed E-state index contributed by atoms with van der Waals surface area (Å²) in [6.45, 7) is 4.32. The predicted octanol–water partition coefficient (Wildman–Crippen LogP) is 3.76.